The van der Waals surface area contributed by atoms with E-state index >= 15 is 0 Å². The summed E-state index contributed by atoms with van der Waals surface area (Å²) in [7, 11) is -3.93. The third kappa shape index (κ3) is 2.94. The molecule has 0 N–H and O–H groups in total. The zero-order valence-corrected chi connectivity index (χ0v) is 12.4. The summed E-state index contributed by atoms with van der Waals surface area (Å²) < 4.78 is 26.5. The molecule has 6 nitrogen and oxygen atoms in total. The fourth-order valence-electron chi connectivity index (χ4n) is 2.31. The average molecular weight is 319 g/mol. The van der Waals surface area contributed by atoms with E-state index in [2.05, 4.69) is 0 Å². The lowest BCUT2D eigenvalue weighted by Crippen LogP contribution is -2.32. The Hall–Kier alpha value is -1.18. The second-order valence-electron chi connectivity index (χ2n) is 4.66. The minimum absolute atomic E-state index is 0.108. The van der Waals surface area contributed by atoms with Crippen LogP contribution in [0.3, 0.4) is 0 Å². The highest BCUT2D eigenvalue weighted by Crippen LogP contribution is 2.33. The minimum atomic E-state index is -3.93. The second-order valence-corrected chi connectivity index (χ2v) is 6.95. The maximum atomic E-state index is 12.6. The number of rotatable bonds is 3. The minimum Gasteiger partial charge on any atom is -0.258 e. The van der Waals surface area contributed by atoms with Gasteiger partial charge in [0.25, 0.3) is 15.7 Å². The van der Waals surface area contributed by atoms with Gasteiger partial charge in [0.1, 0.15) is 0 Å². The van der Waals surface area contributed by atoms with Gasteiger partial charge in [-0.3, -0.25) is 10.1 Å². The van der Waals surface area contributed by atoms with Crippen LogP contribution in [0.4, 0.5) is 5.69 Å². The molecule has 0 aromatic heterocycles. The standard InChI is InChI=1S/C12H15ClN2O4S/c13-10-6-5-7-11(15(16)17)12(10)20(18,19)14-8-3-1-2-4-9-14/h5-7H,1-4,8-9H2. The Kier molecular flexibility index (Phi) is 4.62. The van der Waals surface area contributed by atoms with Crippen LogP contribution in [0.15, 0.2) is 23.1 Å². The molecule has 0 spiro atoms. The number of benzene rings is 1. The van der Waals surface area contributed by atoms with Crippen molar-refractivity contribution >= 4 is 27.3 Å². The zero-order chi connectivity index (χ0) is 14.8. The van der Waals surface area contributed by atoms with Crippen molar-refractivity contribution in [2.24, 2.45) is 0 Å². The van der Waals surface area contributed by atoms with E-state index in [0.29, 0.717) is 13.1 Å². The van der Waals surface area contributed by atoms with Gasteiger partial charge in [-0.05, 0) is 18.9 Å². The van der Waals surface area contributed by atoms with Gasteiger partial charge in [-0.25, -0.2) is 8.42 Å². The predicted molar refractivity (Wildman–Crippen MR) is 75.3 cm³/mol. The molecular weight excluding hydrogens is 304 g/mol. The van der Waals surface area contributed by atoms with Crippen LogP contribution in [0.1, 0.15) is 25.7 Å². The SMILES string of the molecule is O=[N+]([O-])c1cccc(Cl)c1S(=O)(=O)N1CCCCCC1. The smallest absolute Gasteiger partial charge is 0.258 e. The first kappa shape index (κ1) is 15.2. The van der Waals surface area contributed by atoms with Gasteiger partial charge in [-0.1, -0.05) is 30.5 Å². The number of nitrogens with zero attached hydrogens (tertiary/aromatic N) is 2. The van der Waals surface area contributed by atoms with Crippen LogP contribution in [-0.4, -0.2) is 30.7 Å². The van der Waals surface area contributed by atoms with E-state index in [-0.39, 0.29) is 5.02 Å². The molecule has 1 aromatic rings. The van der Waals surface area contributed by atoms with Gasteiger partial charge in [0, 0.05) is 19.2 Å². The Morgan fingerprint density at radius 2 is 1.75 bits per heavy atom. The summed E-state index contributed by atoms with van der Waals surface area (Å²) in [6.45, 7) is 0.759. The van der Waals surface area contributed by atoms with Crippen molar-refractivity contribution in [3.05, 3.63) is 33.3 Å². The number of nitro benzene ring substituents is 1. The van der Waals surface area contributed by atoms with Crippen LogP contribution in [0.2, 0.25) is 5.02 Å². The number of sulfonamides is 1. The van der Waals surface area contributed by atoms with Crippen molar-refractivity contribution in [2.75, 3.05) is 13.1 Å². The molecule has 0 bridgehead atoms. The number of hydrogen-bond donors (Lipinski definition) is 0. The normalized spacial score (nSPS) is 17.6. The van der Waals surface area contributed by atoms with Crippen molar-refractivity contribution < 1.29 is 13.3 Å². The number of nitro groups is 1. The maximum Gasteiger partial charge on any atom is 0.290 e. The molecule has 110 valence electrons. The van der Waals surface area contributed by atoms with Crippen LogP contribution in [0.5, 0.6) is 0 Å². The highest BCUT2D eigenvalue weighted by Gasteiger charge is 2.34. The molecule has 1 saturated heterocycles. The van der Waals surface area contributed by atoms with E-state index in [4.69, 9.17) is 11.6 Å². The second kappa shape index (κ2) is 6.07. The first-order valence-electron chi connectivity index (χ1n) is 6.37. The Labute approximate surface area is 122 Å². The number of halogens is 1. The fraction of sp³-hybridized carbons (Fsp3) is 0.500. The first-order chi connectivity index (χ1) is 9.44. The van der Waals surface area contributed by atoms with Crippen molar-refractivity contribution in [2.45, 2.75) is 30.6 Å². The summed E-state index contributed by atoms with van der Waals surface area (Å²) in [5.74, 6) is 0. The lowest BCUT2D eigenvalue weighted by molar-refractivity contribution is -0.387. The quantitative estimate of drug-likeness (QED) is 0.634. The maximum absolute atomic E-state index is 12.6. The van der Waals surface area contributed by atoms with Gasteiger partial charge in [0.05, 0.1) is 9.95 Å². The van der Waals surface area contributed by atoms with E-state index < -0.39 is 25.5 Å². The van der Waals surface area contributed by atoms with Crippen molar-refractivity contribution in [1.29, 1.82) is 0 Å². The molecular formula is C12H15ClN2O4S. The summed E-state index contributed by atoms with van der Waals surface area (Å²) in [5, 5.41) is 10.9. The lowest BCUT2D eigenvalue weighted by Gasteiger charge is -2.20. The molecule has 0 unspecified atom stereocenters. The average Bonchev–Trinajstić information content (AvgIpc) is 2.67. The molecule has 0 radical (unpaired) electrons. The van der Waals surface area contributed by atoms with E-state index in [1.54, 1.807) is 0 Å². The summed E-state index contributed by atoms with van der Waals surface area (Å²) in [4.78, 5) is 9.93. The van der Waals surface area contributed by atoms with Gasteiger partial charge >= 0.3 is 0 Å². The molecule has 20 heavy (non-hydrogen) atoms. The highest BCUT2D eigenvalue weighted by atomic mass is 35.5. The third-order valence-electron chi connectivity index (χ3n) is 3.31. The van der Waals surface area contributed by atoms with E-state index in [1.807, 2.05) is 0 Å². The summed E-state index contributed by atoms with van der Waals surface area (Å²) in [6.07, 6.45) is 3.46. The molecule has 1 aliphatic heterocycles. The Morgan fingerprint density at radius 1 is 1.15 bits per heavy atom. The van der Waals surface area contributed by atoms with E-state index in [0.717, 1.165) is 31.7 Å². The van der Waals surface area contributed by atoms with E-state index in [1.165, 1.54) is 16.4 Å². The zero-order valence-electron chi connectivity index (χ0n) is 10.8. The predicted octanol–water partition coefficient (Wildman–Crippen LogP) is 2.81. The van der Waals surface area contributed by atoms with Gasteiger partial charge in [0.2, 0.25) is 0 Å². The fourth-order valence-corrected chi connectivity index (χ4v) is 4.49. The van der Waals surface area contributed by atoms with Gasteiger partial charge in [-0.2, -0.15) is 4.31 Å². The first-order valence-corrected chi connectivity index (χ1v) is 8.19. The Balaban J connectivity index is 2.51. The Bertz CT molecular complexity index is 610. The number of hydrogen-bond acceptors (Lipinski definition) is 4. The van der Waals surface area contributed by atoms with Crippen molar-refractivity contribution in [3.8, 4) is 0 Å². The summed E-state index contributed by atoms with van der Waals surface area (Å²) in [5.41, 5.74) is -0.471. The molecule has 1 aromatic carbocycles. The molecule has 0 amide bonds. The molecule has 1 aliphatic rings. The molecule has 0 saturated carbocycles. The van der Waals surface area contributed by atoms with Crippen LogP contribution >= 0.6 is 11.6 Å². The van der Waals surface area contributed by atoms with Gasteiger partial charge in [-0.15, -0.1) is 0 Å². The van der Waals surface area contributed by atoms with Crippen LogP contribution in [0, 0.1) is 10.1 Å². The molecule has 1 fully saturated rings. The van der Waals surface area contributed by atoms with Crippen molar-refractivity contribution in [3.63, 3.8) is 0 Å². The topological polar surface area (TPSA) is 80.5 Å². The van der Waals surface area contributed by atoms with E-state index in [9.17, 15) is 18.5 Å². The summed E-state index contributed by atoms with van der Waals surface area (Å²) in [6, 6.07) is 3.90. The van der Waals surface area contributed by atoms with Crippen LogP contribution < -0.4 is 0 Å². The van der Waals surface area contributed by atoms with Gasteiger partial charge < -0.3 is 0 Å². The van der Waals surface area contributed by atoms with Crippen molar-refractivity contribution in [1.82, 2.24) is 4.31 Å². The molecule has 0 atom stereocenters. The molecule has 1 heterocycles. The molecule has 2 rings (SSSR count). The Morgan fingerprint density at radius 3 is 2.30 bits per heavy atom. The van der Waals surface area contributed by atoms with Crippen LogP contribution in [0.25, 0.3) is 0 Å². The monoisotopic (exact) mass is 318 g/mol. The highest BCUT2D eigenvalue weighted by molar-refractivity contribution is 7.89. The largest absolute Gasteiger partial charge is 0.290 e. The van der Waals surface area contributed by atoms with Gasteiger partial charge in [0.15, 0.2) is 4.90 Å². The summed E-state index contributed by atoms with van der Waals surface area (Å²) >= 11 is 5.91. The lowest BCUT2D eigenvalue weighted by atomic mass is 10.2. The molecule has 0 aliphatic carbocycles. The third-order valence-corrected chi connectivity index (χ3v) is 5.72. The van der Waals surface area contributed by atoms with Crippen LogP contribution in [-0.2, 0) is 10.0 Å². The molecule has 8 heteroatoms.